The van der Waals surface area contributed by atoms with Crippen molar-refractivity contribution in [1.82, 2.24) is 19.9 Å². The topological polar surface area (TPSA) is 268 Å². The number of hydrogen-bond donors (Lipinski definition) is 2. The van der Waals surface area contributed by atoms with Crippen molar-refractivity contribution in [1.29, 1.82) is 0 Å². The molecule has 2 aliphatic heterocycles. The summed E-state index contributed by atoms with van der Waals surface area (Å²) in [6, 6.07) is 35.5. The Bertz CT molecular complexity index is 3640. The van der Waals surface area contributed by atoms with Crippen LogP contribution in [-0.4, -0.2) is 125 Å². The Balaban J connectivity index is 1.80. The maximum absolute atomic E-state index is 14.2. The van der Waals surface area contributed by atoms with Gasteiger partial charge in [-0.05, 0) is 66.8 Å². The average molecular weight is 1190 g/mol. The van der Waals surface area contributed by atoms with E-state index in [0.29, 0.717) is 22.3 Å². The third-order valence-electron chi connectivity index (χ3n) is 15.3. The van der Waals surface area contributed by atoms with Crippen molar-refractivity contribution >= 4 is 92.1 Å². The maximum atomic E-state index is 14.2. The lowest BCUT2D eigenvalue weighted by molar-refractivity contribution is -0.141. The van der Waals surface area contributed by atoms with Gasteiger partial charge < -0.3 is 47.9 Å². The van der Waals surface area contributed by atoms with Crippen molar-refractivity contribution in [2.45, 2.75) is 51.4 Å². The van der Waals surface area contributed by atoms with Crippen LogP contribution in [0, 0.1) is 0 Å². The van der Waals surface area contributed by atoms with Crippen LogP contribution < -0.4 is 0 Å². The van der Waals surface area contributed by atoms with E-state index in [1.165, 1.54) is 56.9 Å². The summed E-state index contributed by atoms with van der Waals surface area (Å²) in [6.45, 7) is 0. The molecular formula is C68H62N4O16. The molecule has 9 rings (SSSR count). The number of carbonyl (C=O) groups excluding carboxylic acids is 8. The molecule has 4 aromatic carbocycles. The molecule has 0 amide bonds. The van der Waals surface area contributed by atoms with Gasteiger partial charge in [-0.3, -0.25) is 38.4 Å². The van der Waals surface area contributed by atoms with Crippen molar-refractivity contribution in [2.24, 2.45) is 0 Å². The SMILES string of the molecule is COC(=O)CC1=C(CC(=O)OC)c2nc1c(-c1ccccc1)c1[nH]c(c(CC(=O)OC)c1CC(=O)OC)c(-c1ccccc1)c1nc(c(-c3ccccc3)c3[nH]c(c(CC(=O)OC)c3CC(=O)OC)c2-c2ccccc2)C(CC(=O)OC)=C1CC(=O)OC. The summed E-state index contributed by atoms with van der Waals surface area (Å²) in [5.41, 5.74) is 5.32. The number of esters is 8. The van der Waals surface area contributed by atoms with Crippen LogP contribution in [0.15, 0.2) is 121 Å². The molecule has 0 saturated heterocycles. The molecule has 2 aliphatic rings. The lowest BCUT2D eigenvalue weighted by atomic mass is 9.89. The van der Waals surface area contributed by atoms with E-state index in [2.05, 4.69) is 9.97 Å². The van der Waals surface area contributed by atoms with Crippen LogP contribution in [-0.2, 0) is 102 Å². The van der Waals surface area contributed by atoms with Crippen molar-refractivity contribution in [3.05, 3.63) is 166 Å². The fourth-order valence-corrected chi connectivity index (χ4v) is 11.2. The smallest absolute Gasteiger partial charge is 0.310 e. The van der Waals surface area contributed by atoms with Gasteiger partial charge in [0.05, 0.1) is 153 Å². The predicted molar refractivity (Wildman–Crippen MR) is 326 cm³/mol. The van der Waals surface area contributed by atoms with Crippen LogP contribution >= 0.6 is 0 Å². The first-order valence-electron chi connectivity index (χ1n) is 27.7. The molecule has 8 bridgehead atoms. The molecule has 0 saturated carbocycles. The normalized spacial score (nSPS) is 11.8. The summed E-state index contributed by atoms with van der Waals surface area (Å²) < 4.78 is 43.3. The van der Waals surface area contributed by atoms with E-state index in [-0.39, 0.29) is 112 Å². The number of hydrogen-bond acceptors (Lipinski definition) is 18. The third kappa shape index (κ3) is 12.6. The van der Waals surface area contributed by atoms with E-state index in [9.17, 15) is 38.4 Å². The van der Waals surface area contributed by atoms with Crippen LogP contribution in [0.2, 0.25) is 0 Å². The van der Waals surface area contributed by atoms with Gasteiger partial charge in [0.2, 0.25) is 0 Å². The Hall–Kier alpha value is -10.8. The number of benzene rings is 4. The Morgan fingerprint density at radius 1 is 0.273 bits per heavy atom. The number of aromatic nitrogens is 4. The second-order valence-electron chi connectivity index (χ2n) is 20.2. The van der Waals surface area contributed by atoms with Crippen LogP contribution in [0.3, 0.4) is 0 Å². The fraction of sp³-hybridized carbons (Fsp3) is 0.235. The maximum Gasteiger partial charge on any atom is 0.310 e. The number of fused-ring (bicyclic) bond motifs is 8. The van der Waals surface area contributed by atoms with Gasteiger partial charge in [-0.25, -0.2) is 9.97 Å². The molecule has 3 aromatic heterocycles. The standard InChI is InChI=1S/C68H62N4O16/c1-81-49(73)29-41-42(30-50(74)82-2)62-58(38-23-15-10-16-24-38)64-45(33-53(77)85-5)46(34-54(78)86-6)66(71-64)60(40-27-19-12-20-28-40)68-48(36-56(80)88-8)47(35-55(79)87-7)67(72-68)59(39-25-17-11-18-26-39)65-44(32-52(76)84-4)43(31-51(75)83-3)63(70-65)57(61(41)69-62)37-21-13-9-14-22-37/h9-28,69,72H,29-36H2,1-8H3. The number of carbonyl (C=O) groups is 8. The number of rotatable bonds is 20. The predicted octanol–water partition coefficient (Wildman–Crippen LogP) is 9.92. The van der Waals surface area contributed by atoms with Gasteiger partial charge in [0.25, 0.3) is 0 Å². The Morgan fingerprint density at radius 2 is 0.443 bits per heavy atom. The zero-order valence-electron chi connectivity index (χ0n) is 49.6. The summed E-state index contributed by atoms with van der Waals surface area (Å²) in [6.07, 6.45) is -4.03. The molecule has 88 heavy (non-hydrogen) atoms. The van der Waals surface area contributed by atoms with Gasteiger partial charge in [-0.2, -0.15) is 0 Å². The molecule has 0 spiro atoms. The second-order valence-corrected chi connectivity index (χ2v) is 20.2. The number of H-pyrrole nitrogens is 2. The van der Waals surface area contributed by atoms with Gasteiger partial charge in [-0.15, -0.1) is 0 Å². The van der Waals surface area contributed by atoms with Crippen LogP contribution in [0.5, 0.6) is 0 Å². The second kappa shape index (κ2) is 27.5. The molecular weight excluding hydrogens is 1130 g/mol. The Labute approximate surface area is 505 Å². The minimum atomic E-state index is -0.742. The molecule has 2 N–H and O–H groups in total. The van der Waals surface area contributed by atoms with Crippen molar-refractivity contribution in [3.8, 4) is 44.5 Å². The first-order valence-corrected chi connectivity index (χ1v) is 27.7. The molecule has 5 heterocycles. The minimum absolute atomic E-state index is 0.0870. The fourth-order valence-electron chi connectivity index (χ4n) is 11.2. The number of methoxy groups -OCH3 is 8. The van der Waals surface area contributed by atoms with Crippen LogP contribution in [0.4, 0.5) is 0 Å². The largest absolute Gasteiger partial charge is 0.469 e. The van der Waals surface area contributed by atoms with Crippen molar-refractivity contribution in [2.75, 3.05) is 56.9 Å². The molecule has 0 radical (unpaired) electrons. The molecule has 0 aliphatic carbocycles. The van der Waals surface area contributed by atoms with Crippen LogP contribution in [0.1, 0.15) is 70.7 Å². The van der Waals surface area contributed by atoms with E-state index < -0.39 is 99.1 Å². The molecule has 450 valence electrons. The van der Waals surface area contributed by atoms with E-state index in [1.807, 2.05) is 0 Å². The molecule has 20 heteroatoms. The van der Waals surface area contributed by atoms with Crippen molar-refractivity contribution < 1.29 is 76.3 Å². The molecule has 7 aromatic rings. The van der Waals surface area contributed by atoms with Gasteiger partial charge in [0.1, 0.15) is 0 Å². The van der Waals surface area contributed by atoms with Gasteiger partial charge in [0, 0.05) is 22.3 Å². The first-order chi connectivity index (χ1) is 42.6. The zero-order chi connectivity index (χ0) is 62.8. The minimum Gasteiger partial charge on any atom is -0.469 e. The van der Waals surface area contributed by atoms with Gasteiger partial charge >= 0.3 is 47.8 Å². The van der Waals surface area contributed by atoms with E-state index in [4.69, 9.17) is 47.9 Å². The number of ether oxygens (including phenoxy) is 8. The van der Waals surface area contributed by atoms with E-state index in [0.717, 1.165) is 0 Å². The summed E-state index contributed by atoms with van der Waals surface area (Å²) in [7, 11) is 9.73. The summed E-state index contributed by atoms with van der Waals surface area (Å²) in [4.78, 5) is 132. The average Bonchev–Trinajstić information content (AvgIpc) is 1.83. The Morgan fingerprint density at radius 3 is 0.614 bits per heavy atom. The summed E-state index contributed by atoms with van der Waals surface area (Å²) in [5.74, 6) is -5.91. The molecule has 0 atom stereocenters. The van der Waals surface area contributed by atoms with E-state index in [1.54, 1.807) is 121 Å². The monoisotopic (exact) mass is 1190 g/mol. The zero-order valence-corrected chi connectivity index (χ0v) is 49.6. The lowest BCUT2D eigenvalue weighted by Crippen LogP contribution is -2.10. The van der Waals surface area contributed by atoms with Gasteiger partial charge in [-0.1, -0.05) is 121 Å². The lowest BCUT2D eigenvalue weighted by Gasteiger charge is -2.13. The first kappa shape index (κ1) is 61.8. The van der Waals surface area contributed by atoms with Crippen molar-refractivity contribution in [3.63, 3.8) is 0 Å². The van der Waals surface area contributed by atoms with Crippen LogP contribution in [0.25, 0.3) is 88.9 Å². The molecule has 20 nitrogen and oxygen atoms in total. The Kier molecular flexibility index (Phi) is 19.3. The van der Waals surface area contributed by atoms with Gasteiger partial charge in [0.15, 0.2) is 0 Å². The van der Waals surface area contributed by atoms with E-state index >= 15 is 0 Å². The quantitative estimate of drug-likeness (QED) is 0.0531. The summed E-state index contributed by atoms with van der Waals surface area (Å²) >= 11 is 0. The molecule has 0 fully saturated rings. The molecule has 0 unspecified atom stereocenters. The highest BCUT2D eigenvalue weighted by atomic mass is 16.5. The summed E-state index contributed by atoms with van der Waals surface area (Å²) in [5, 5.41) is 0. The highest BCUT2D eigenvalue weighted by Gasteiger charge is 2.37. The number of aromatic amines is 2. The number of nitrogens with zero attached hydrogens (tertiary/aromatic N) is 2. The number of nitrogens with one attached hydrogen (secondary N) is 2. The third-order valence-corrected chi connectivity index (χ3v) is 15.3. The highest BCUT2D eigenvalue weighted by Crippen LogP contribution is 2.50. The highest BCUT2D eigenvalue weighted by molar-refractivity contribution is 6.15.